The fourth-order valence-electron chi connectivity index (χ4n) is 1.24. The minimum absolute atomic E-state index is 0.350. The van der Waals surface area contributed by atoms with E-state index in [4.69, 9.17) is 0 Å². The number of hydrogen-bond acceptors (Lipinski definition) is 6. The predicted molar refractivity (Wildman–Crippen MR) is 60.4 cm³/mol. The minimum Gasteiger partial charge on any atom is -0.404 e. The monoisotopic (exact) mass is 315 g/mol. The van der Waals surface area contributed by atoms with Gasteiger partial charge in [0.15, 0.2) is 0 Å². The highest BCUT2D eigenvalue weighted by atomic mass is 31.2. The summed E-state index contributed by atoms with van der Waals surface area (Å²) in [5.74, 6) is -0.532. The third kappa shape index (κ3) is 3.69. The third-order valence-electron chi connectivity index (χ3n) is 2.13. The van der Waals surface area contributed by atoms with Crippen LogP contribution in [-0.2, 0) is 19.8 Å². The molecule has 1 aromatic rings. The average Bonchev–Trinajstić information content (AvgIpc) is 2.37. The molecule has 20 heavy (non-hydrogen) atoms. The molecule has 0 unspecified atom stereocenters. The number of nitro benzene ring substituents is 1. The van der Waals surface area contributed by atoms with E-state index in [0.717, 1.165) is 20.3 Å². The Kier molecular flexibility index (Phi) is 4.74. The first-order valence-electron chi connectivity index (χ1n) is 4.89. The molecule has 11 heteroatoms. The van der Waals surface area contributed by atoms with Crippen LogP contribution in [0, 0.1) is 10.1 Å². The van der Waals surface area contributed by atoms with E-state index >= 15 is 0 Å². The van der Waals surface area contributed by atoms with Crippen LogP contribution in [0.25, 0.3) is 0 Å². The first kappa shape index (κ1) is 16.4. The summed E-state index contributed by atoms with van der Waals surface area (Å²) in [6.07, 6.45) is -4.97. The Hall–Kier alpha value is -1.64. The Morgan fingerprint density at radius 2 is 1.80 bits per heavy atom. The van der Waals surface area contributed by atoms with Crippen LogP contribution in [0.2, 0.25) is 0 Å². The second kappa shape index (κ2) is 5.78. The molecule has 0 N–H and O–H groups in total. The van der Waals surface area contributed by atoms with Gasteiger partial charge in [-0.25, -0.2) is 4.57 Å². The van der Waals surface area contributed by atoms with Gasteiger partial charge in [0.1, 0.15) is 11.3 Å². The van der Waals surface area contributed by atoms with Crippen molar-refractivity contribution in [2.75, 3.05) is 14.2 Å². The molecule has 0 aromatic heterocycles. The highest BCUT2D eigenvalue weighted by Crippen LogP contribution is 2.49. The van der Waals surface area contributed by atoms with Crippen LogP contribution in [0.4, 0.5) is 18.9 Å². The van der Waals surface area contributed by atoms with E-state index < -0.39 is 35.9 Å². The zero-order valence-corrected chi connectivity index (χ0v) is 11.1. The molecule has 0 spiro atoms. The number of alkyl halides is 3. The van der Waals surface area contributed by atoms with Crippen molar-refractivity contribution in [2.24, 2.45) is 0 Å². The van der Waals surface area contributed by atoms with Gasteiger partial charge in [-0.15, -0.1) is 0 Å². The molecule has 7 nitrogen and oxygen atoms in total. The summed E-state index contributed by atoms with van der Waals surface area (Å²) >= 11 is 0. The second-order valence-corrected chi connectivity index (χ2v) is 5.14. The van der Waals surface area contributed by atoms with E-state index in [-0.39, 0.29) is 0 Å². The lowest BCUT2D eigenvalue weighted by atomic mass is 10.1. The second-order valence-electron chi connectivity index (χ2n) is 3.34. The summed E-state index contributed by atoms with van der Waals surface area (Å²) in [5, 5.41) is 10.5. The molecule has 112 valence electrons. The van der Waals surface area contributed by atoms with Crippen LogP contribution in [-0.4, -0.2) is 19.1 Å². The maximum Gasteiger partial charge on any atom is 0.529 e. The molecule has 0 aliphatic heterocycles. The molecule has 0 fully saturated rings. The summed E-state index contributed by atoms with van der Waals surface area (Å²) in [5.41, 5.74) is -2.67. The van der Waals surface area contributed by atoms with Gasteiger partial charge in [0.2, 0.25) is 0 Å². The van der Waals surface area contributed by atoms with Gasteiger partial charge in [-0.1, -0.05) is 0 Å². The van der Waals surface area contributed by atoms with E-state index in [9.17, 15) is 27.9 Å². The lowest BCUT2D eigenvalue weighted by Crippen LogP contribution is -2.09. The van der Waals surface area contributed by atoms with Gasteiger partial charge in [0.05, 0.1) is 4.92 Å². The van der Waals surface area contributed by atoms with Crippen molar-refractivity contribution in [3.05, 3.63) is 33.9 Å². The van der Waals surface area contributed by atoms with Crippen molar-refractivity contribution in [3.63, 3.8) is 0 Å². The lowest BCUT2D eigenvalue weighted by Gasteiger charge is -2.15. The van der Waals surface area contributed by atoms with E-state index in [2.05, 4.69) is 13.6 Å². The maximum absolute atomic E-state index is 12.7. The molecule has 0 saturated heterocycles. The highest BCUT2D eigenvalue weighted by Gasteiger charge is 2.39. The van der Waals surface area contributed by atoms with Crippen LogP contribution >= 0.6 is 7.82 Å². The molecule has 0 aliphatic carbocycles. The van der Waals surface area contributed by atoms with Crippen molar-refractivity contribution in [2.45, 2.75) is 6.18 Å². The Morgan fingerprint density at radius 3 is 2.20 bits per heavy atom. The summed E-state index contributed by atoms with van der Waals surface area (Å²) < 4.78 is 63.1. The van der Waals surface area contributed by atoms with E-state index in [1.165, 1.54) is 0 Å². The molecule has 1 rings (SSSR count). The average molecular weight is 315 g/mol. The molecule has 0 radical (unpaired) electrons. The molecule has 0 saturated carbocycles. The van der Waals surface area contributed by atoms with E-state index in [1.54, 1.807) is 0 Å². The Bertz CT molecular complexity index is 553. The number of benzene rings is 1. The topological polar surface area (TPSA) is 87.9 Å². The molecule has 0 amide bonds. The Labute approximate surface area is 111 Å². The normalized spacial score (nSPS) is 12.2. The van der Waals surface area contributed by atoms with Gasteiger partial charge in [-0.2, -0.15) is 13.2 Å². The summed E-state index contributed by atoms with van der Waals surface area (Å²) in [6, 6.07) is 1.80. The molecular formula is C9H9F3NO6P. The van der Waals surface area contributed by atoms with Gasteiger partial charge in [-0.05, 0) is 12.1 Å². The van der Waals surface area contributed by atoms with Gasteiger partial charge < -0.3 is 4.52 Å². The largest absolute Gasteiger partial charge is 0.529 e. The number of phosphoric acid groups is 1. The number of hydrogen-bond donors (Lipinski definition) is 0. The zero-order chi connectivity index (χ0) is 15.6. The fraction of sp³-hybridized carbons (Fsp3) is 0.333. The van der Waals surface area contributed by atoms with E-state index in [0.29, 0.717) is 12.1 Å². The lowest BCUT2D eigenvalue weighted by molar-refractivity contribution is -0.388. The standard InChI is InChI=1S/C9H9F3NO6P/c1-17-20(16,18-2)19-6-3-4-8(13(14)15)7(5-6)9(10,11)12/h3-5H,1-2H3. The van der Waals surface area contributed by atoms with Crippen molar-refractivity contribution in [3.8, 4) is 5.75 Å². The van der Waals surface area contributed by atoms with Crippen LogP contribution in [0.1, 0.15) is 5.56 Å². The van der Waals surface area contributed by atoms with Gasteiger partial charge in [-0.3, -0.25) is 19.2 Å². The number of halogens is 3. The van der Waals surface area contributed by atoms with Crippen LogP contribution < -0.4 is 4.52 Å². The molecule has 0 bridgehead atoms. The SMILES string of the molecule is COP(=O)(OC)Oc1ccc([N+](=O)[O-])c(C(F)(F)F)c1. The first-order valence-corrected chi connectivity index (χ1v) is 6.36. The van der Waals surface area contributed by atoms with Crippen molar-refractivity contribution in [1.29, 1.82) is 0 Å². The third-order valence-corrected chi connectivity index (χ3v) is 3.46. The Balaban J connectivity index is 3.27. The number of phosphoric ester groups is 1. The van der Waals surface area contributed by atoms with E-state index in [1.807, 2.05) is 0 Å². The van der Waals surface area contributed by atoms with Crippen molar-refractivity contribution in [1.82, 2.24) is 0 Å². The quantitative estimate of drug-likeness (QED) is 0.470. The summed E-state index contributed by atoms with van der Waals surface area (Å²) in [4.78, 5) is 9.36. The molecule has 1 aromatic carbocycles. The number of nitro groups is 1. The van der Waals surface area contributed by atoms with Crippen LogP contribution in [0.15, 0.2) is 18.2 Å². The first-order chi connectivity index (χ1) is 9.13. The Morgan fingerprint density at radius 1 is 1.25 bits per heavy atom. The fourth-order valence-corrected chi connectivity index (χ4v) is 1.91. The van der Waals surface area contributed by atoms with Crippen molar-refractivity contribution < 1.29 is 36.2 Å². The number of rotatable bonds is 5. The summed E-state index contributed by atoms with van der Waals surface area (Å²) in [7, 11) is -2.11. The van der Waals surface area contributed by atoms with Gasteiger partial charge in [0, 0.05) is 20.3 Å². The zero-order valence-electron chi connectivity index (χ0n) is 10.2. The van der Waals surface area contributed by atoms with Gasteiger partial charge in [0.25, 0.3) is 5.69 Å². The molecular weight excluding hydrogens is 306 g/mol. The molecule has 0 atom stereocenters. The van der Waals surface area contributed by atoms with Crippen LogP contribution in [0.3, 0.4) is 0 Å². The number of nitrogens with zero attached hydrogens (tertiary/aromatic N) is 1. The molecule has 0 aliphatic rings. The summed E-state index contributed by atoms with van der Waals surface area (Å²) in [6.45, 7) is 0. The maximum atomic E-state index is 12.7. The van der Waals surface area contributed by atoms with Gasteiger partial charge >= 0.3 is 14.0 Å². The van der Waals surface area contributed by atoms with Crippen molar-refractivity contribution >= 4 is 13.5 Å². The van der Waals surface area contributed by atoms with Crippen LogP contribution in [0.5, 0.6) is 5.75 Å². The smallest absolute Gasteiger partial charge is 0.404 e. The highest BCUT2D eigenvalue weighted by molar-refractivity contribution is 7.48. The predicted octanol–water partition coefficient (Wildman–Crippen LogP) is 3.39. The minimum atomic E-state index is -4.97. The molecule has 0 heterocycles.